The van der Waals surface area contributed by atoms with Crippen molar-refractivity contribution >= 4 is 23.8 Å². The van der Waals surface area contributed by atoms with Crippen LogP contribution in [0.3, 0.4) is 0 Å². The van der Waals surface area contributed by atoms with E-state index in [9.17, 15) is 29.4 Å². The van der Waals surface area contributed by atoms with Crippen LogP contribution in [0.15, 0.2) is 0 Å². The molecule has 1 saturated heterocycles. The molecule has 0 aromatic heterocycles. The zero-order chi connectivity index (χ0) is 26.9. The van der Waals surface area contributed by atoms with E-state index in [1.165, 1.54) is 0 Å². The van der Waals surface area contributed by atoms with Gasteiger partial charge in [0.15, 0.2) is 0 Å². The van der Waals surface area contributed by atoms with Crippen LogP contribution < -0.4 is 21.3 Å². The van der Waals surface area contributed by atoms with Gasteiger partial charge in [-0.25, -0.2) is 4.79 Å². The molecule has 0 aromatic rings. The van der Waals surface area contributed by atoms with Crippen molar-refractivity contribution in [1.29, 1.82) is 0 Å². The summed E-state index contributed by atoms with van der Waals surface area (Å²) in [5.74, 6) is -1.23. The smallest absolute Gasteiger partial charge is 0.405 e. The fourth-order valence-electron chi connectivity index (χ4n) is 5.10. The van der Waals surface area contributed by atoms with E-state index in [2.05, 4.69) is 21.3 Å². The molecule has 36 heavy (non-hydrogen) atoms. The number of carboxylic acid groups (broad SMARTS) is 1. The summed E-state index contributed by atoms with van der Waals surface area (Å²) in [6.07, 6.45) is 4.35. The van der Waals surface area contributed by atoms with Gasteiger partial charge in [-0.3, -0.25) is 14.4 Å². The molecule has 2 rings (SSSR count). The standard InChI is InChI=1S/C25H44N4O7/c1-15(36-25(2,3)4)20(29-24(34)35)23(33)28-19(12-16-8-6-5-7-9-16)22(32)27-18(14-30)13-17-10-11-26-21(17)31/h15-20,29-30H,5-14H2,1-4H3,(H,26,31)(H,27,32)(H,28,33)(H,34,35)/t15-,17?,18?,19?,20+/m1/s1. The van der Waals surface area contributed by atoms with Crippen LogP contribution in [0, 0.1) is 11.8 Å². The summed E-state index contributed by atoms with van der Waals surface area (Å²) in [6.45, 7) is 7.26. The highest BCUT2D eigenvalue weighted by molar-refractivity contribution is 5.91. The fourth-order valence-corrected chi connectivity index (χ4v) is 5.10. The fraction of sp³-hybridized carbons (Fsp3) is 0.840. The van der Waals surface area contributed by atoms with E-state index in [0.29, 0.717) is 25.8 Å². The number of carbonyl (C=O) groups excluding carboxylic acids is 3. The third-order valence-electron chi connectivity index (χ3n) is 6.80. The van der Waals surface area contributed by atoms with E-state index in [1.54, 1.807) is 27.7 Å². The quantitative estimate of drug-likeness (QED) is 0.229. The molecule has 6 N–H and O–H groups in total. The maximum absolute atomic E-state index is 13.3. The molecular weight excluding hydrogens is 468 g/mol. The van der Waals surface area contributed by atoms with Crippen molar-refractivity contribution in [2.24, 2.45) is 11.8 Å². The first-order valence-electron chi connectivity index (χ1n) is 13.1. The van der Waals surface area contributed by atoms with Gasteiger partial charge in [0, 0.05) is 12.5 Å². The molecule has 5 atom stereocenters. The molecule has 1 heterocycles. The van der Waals surface area contributed by atoms with Crippen LogP contribution in [0.1, 0.15) is 79.1 Å². The summed E-state index contributed by atoms with van der Waals surface area (Å²) in [6, 6.07) is -2.76. The molecule has 4 amide bonds. The molecule has 0 radical (unpaired) electrons. The van der Waals surface area contributed by atoms with E-state index >= 15 is 0 Å². The highest BCUT2D eigenvalue weighted by Gasteiger charge is 2.35. The van der Waals surface area contributed by atoms with Crippen molar-refractivity contribution in [1.82, 2.24) is 21.3 Å². The van der Waals surface area contributed by atoms with E-state index < -0.39 is 47.7 Å². The monoisotopic (exact) mass is 512 g/mol. The number of amides is 4. The van der Waals surface area contributed by atoms with Gasteiger partial charge in [0.25, 0.3) is 0 Å². The van der Waals surface area contributed by atoms with Crippen molar-refractivity contribution in [2.75, 3.05) is 13.2 Å². The van der Waals surface area contributed by atoms with Crippen molar-refractivity contribution in [3.63, 3.8) is 0 Å². The number of nitrogens with one attached hydrogen (secondary N) is 4. The van der Waals surface area contributed by atoms with Gasteiger partial charge in [-0.2, -0.15) is 0 Å². The lowest BCUT2D eigenvalue weighted by molar-refractivity contribution is -0.135. The first-order valence-corrected chi connectivity index (χ1v) is 13.1. The number of hydrogen-bond donors (Lipinski definition) is 6. The van der Waals surface area contributed by atoms with Gasteiger partial charge in [-0.05, 0) is 52.9 Å². The zero-order valence-electron chi connectivity index (χ0n) is 22.0. The van der Waals surface area contributed by atoms with Crippen LogP contribution >= 0.6 is 0 Å². The maximum Gasteiger partial charge on any atom is 0.405 e. The summed E-state index contributed by atoms with van der Waals surface area (Å²) in [5, 5.41) is 29.7. The lowest BCUT2D eigenvalue weighted by atomic mass is 9.84. The Morgan fingerprint density at radius 2 is 1.69 bits per heavy atom. The highest BCUT2D eigenvalue weighted by atomic mass is 16.5. The second-order valence-corrected chi connectivity index (χ2v) is 11.1. The van der Waals surface area contributed by atoms with Gasteiger partial charge in [0.05, 0.1) is 24.4 Å². The van der Waals surface area contributed by atoms with Gasteiger partial charge < -0.3 is 36.2 Å². The summed E-state index contributed by atoms with van der Waals surface area (Å²) >= 11 is 0. The van der Waals surface area contributed by atoms with Crippen LogP contribution in [0.5, 0.6) is 0 Å². The Labute approximate surface area is 213 Å². The number of hydrogen-bond acceptors (Lipinski definition) is 6. The Bertz CT molecular complexity index is 764. The third-order valence-corrected chi connectivity index (χ3v) is 6.80. The van der Waals surface area contributed by atoms with Gasteiger partial charge >= 0.3 is 6.09 Å². The van der Waals surface area contributed by atoms with Crippen molar-refractivity contribution in [3.8, 4) is 0 Å². The molecule has 1 saturated carbocycles. The minimum atomic E-state index is -1.37. The van der Waals surface area contributed by atoms with Gasteiger partial charge in [-0.1, -0.05) is 32.1 Å². The number of ether oxygens (including phenoxy) is 1. The molecule has 1 aliphatic heterocycles. The minimum Gasteiger partial charge on any atom is -0.465 e. The van der Waals surface area contributed by atoms with Gasteiger partial charge in [0.2, 0.25) is 17.7 Å². The highest BCUT2D eigenvalue weighted by Crippen LogP contribution is 2.28. The van der Waals surface area contributed by atoms with Crippen LogP contribution in [0.4, 0.5) is 4.79 Å². The predicted molar refractivity (Wildman–Crippen MR) is 133 cm³/mol. The Morgan fingerprint density at radius 3 is 2.22 bits per heavy atom. The lowest BCUT2D eigenvalue weighted by Crippen LogP contribution is -2.59. The normalized spacial score (nSPS) is 22.1. The Kier molecular flexibility index (Phi) is 11.4. The SMILES string of the molecule is C[C@@H](OC(C)(C)C)[C@H](NC(=O)O)C(=O)NC(CC1CCCCC1)C(=O)NC(CO)CC1CCNC1=O. The molecule has 2 aliphatic rings. The average Bonchev–Trinajstić information content (AvgIpc) is 3.19. The van der Waals surface area contributed by atoms with Crippen molar-refractivity contribution in [3.05, 3.63) is 0 Å². The van der Waals surface area contributed by atoms with Crippen LogP contribution in [-0.2, 0) is 19.1 Å². The van der Waals surface area contributed by atoms with E-state index in [4.69, 9.17) is 4.74 Å². The van der Waals surface area contributed by atoms with Gasteiger partial charge in [0.1, 0.15) is 12.1 Å². The topological polar surface area (TPSA) is 166 Å². The zero-order valence-corrected chi connectivity index (χ0v) is 22.0. The molecule has 11 nitrogen and oxygen atoms in total. The van der Waals surface area contributed by atoms with Crippen LogP contribution in [-0.4, -0.2) is 77.0 Å². The van der Waals surface area contributed by atoms with E-state index in [-0.39, 0.29) is 24.3 Å². The molecule has 1 aliphatic carbocycles. The number of aliphatic hydroxyl groups is 1. The summed E-state index contributed by atoms with van der Waals surface area (Å²) in [7, 11) is 0. The Balaban J connectivity index is 2.15. The first-order chi connectivity index (χ1) is 16.9. The molecule has 3 unspecified atom stereocenters. The number of aliphatic hydroxyl groups excluding tert-OH is 1. The van der Waals surface area contributed by atoms with Crippen molar-refractivity contribution < 1.29 is 34.1 Å². The molecule has 206 valence electrons. The Morgan fingerprint density at radius 1 is 1.03 bits per heavy atom. The van der Waals surface area contributed by atoms with Crippen LogP contribution in [0.2, 0.25) is 0 Å². The van der Waals surface area contributed by atoms with Gasteiger partial charge in [-0.15, -0.1) is 0 Å². The minimum absolute atomic E-state index is 0.0924. The summed E-state index contributed by atoms with van der Waals surface area (Å²) in [4.78, 5) is 49.9. The second kappa shape index (κ2) is 13.8. The molecule has 2 fully saturated rings. The second-order valence-electron chi connectivity index (χ2n) is 11.1. The lowest BCUT2D eigenvalue weighted by Gasteiger charge is -2.32. The molecule has 0 bridgehead atoms. The largest absolute Gasteiger partial charge is 0.465 e. The van der Waals surface area contributed by atoms with Crippen LogP contribution in [0.25, 0.3) is 0 Å². The molecule has 0 spiro atoms. The first kappa shape index (κ1) is 29.8. The molecule has 11 heteroatoms. The third kappa shape index (κ3) is 9.93. The molecule has 0 aromatic carbocycles. The summed E-state index contributed by atoms with van der Waals surface area (Å²) in [5.41, 5.74) is -0.613. The summed E-state index contributed by atoms with van der Waals surface area (Å²) < 4.78 is 5.82. The number of rotatable bonds is 12. The molecular formula is C25H44N4O7. The average molecular weight is 513 g/mol. The van der Waals surface area contributed by atoms with Crippen molar-refractivity contribution in [2.45, 2.75) is 109 Å². The number of carbonyl (C=O) groups is 4. The predicted octanol–water partition coefficient (Wildman–Crippen LogP) is 1.28. The van der Waals surface area contributed by atoms with E-state index in [1.807, 2.05) is 0 Å². The van der Waals surface area contributed by atoms with E-state index in [0.717, 1.165) is 32.1 Å². The Hall–Kier alpha value is -2.40. The maximum atomic E-state index is 13.3.